The molecule has 3 rings (SSSR count). The summed E-state index contributed by atoms with van der Waals surface area (Å²) in [6, 6.07) is 23.3. The van der Waals surface area contributed by atoms with Crippen LogP contribution in [0, 0.1) is 18.3 Å². The number of phenols is 1. The SMILES string of the molecule is Cc1ccc(COc2ccc(/C=C(\C#N)C(=O)Nc3ccc(O)cc3)cc2)cc1. The fourth-order valence-electron chi connectivity index (χ4n) is 2.57. The van der Waals surface area contributed by atoms with Crippen LogP contribution in [0.15, 0.2) is 78.4 Å². The van der Waals surface area contributed by atoms with Crippen LogP contribution in [0.3, 0.4) is 0 Å². The number of ether oxygens (including phenoxy) is 1. The highest BCUT2D eigenvalue weighted by molar-refractivity contribution is 6.09. The Morgan fingerprint density at radius 1 is 1.03 bits per heavy atom. The largest absolute Gasteiger partial charge is 0.508 e. The summed E-state index contributed by atoms with van der Waals surface area (Å²) in [6.45, 7) is 2.51. The number of benzene rings is 3. The van der Waals surface area contributed by atoms with E-state index in [4.69, 9.17) is 4.74 Å². The quantitative estimate of drug-likeness (QED) is 0.362. The van der Waals surface area contributed by atoms with Crippen LogP contribution in [-0.2, 0) is 11.4 Å². The third kappa shape index (κ3) is 5.72. The van der Waals surface area contributed by atoms with Crippen molar-refractivity contribution in [2.45, 2.75) is 13.5 Å². The number of hydrogen-bond donors (Lipinski definition) is 2. The van der Waals surface area contributed by atoms with E-state index in [-0.39, 0.29) is 11.3 Å². The number of carbonyl (C=O) groups is 1. The summed E-state index contributed by atoms with van der Waals surface area (Å²) in [5.74, 6) is 0.288. The molecule has 0 heterocycles. The number of rotatable bonds is 6. The molecule has 0 aromatic heterocycles. The molecule has 0 bridgehead atoms. The first-order chi connectivity index (χ1) is 14.0. The second-order valence-corrected chi connectivity index (χ2v) is 6.51. The number of amides is 1. The molecule has 144 valence electrons. The van der Waals surface area contributed by atoms with E-state index in [0.29, 0.717) is 23.6 Å². The minimum atomic E-state index is -0.516. The van der Waals surface area contributed by atoms with Crippen LogP contribution in [0.2, 0.25) is 0 Å². The first-order valence-electron chi connectivity index (χ1n) is 9.04. The van der Waals surface area contributed by atoms with Gasteiger partial charge in [-0.3, -0.25) is 4.79 Å². The van der Waals surface area contributed by atoms with Gasteiger partial charge in [0.2, 0.25) is 0 Å². The smallest absolute Gasteiger partial charge is 0.266 e. The van der Waals surface area contributed by atoms with Crippen molar-refractivity contribution in [1.29, 1.82) is 5.26 Å². The second-order valence-electron chi connectivity index (χ2n) is 6.51. The van der Waals surface area contributed by atoms with Crippen LogP contribution in [0.5, 0.6) is 11.5 Å². The molecule has 0 saturated heterocycles. The normalized spacial score (nSPS) is 10.8. The van der Waals surface area contributed by atoms with Gasteiger partial charge in [0.15, 0.2) is 0 Å². The Morgan fingerprint density at radius 3 is 2.31 bits per heavy atom. The highest BCUT2D eigenvalue weighted by Crippen LogP contribution is 2.18. The first kappa shape index (κ1) is 19.7. The molecule has 0 spiro atoms. The highest BCUT2D eigenvalue weighted by Gasteiger charge is 2.09. The van der Waals surface area contributed by atoms with Gasteiger partial charge in [-0.05, 0) is 60.5 Å². The zero-order valence-corrected chi connectivity index (χ0v) is 15.9. The maximum absolute atomic E-state index is 12.3. The Labute approximate surface area is 169 Å². The maximum Gasteiger partial charge on any atom is 0.266 e. The number of nitrogens with zero attached hydrogens (tertiary/aromatic N) is 1. The Hall–Kier alpha value is -4.04. The summed E-state index contributed by atoms with van der Waals surface area (Å²) in [5.41, 5.74) is 3.47. The summed E-state index contributed by atoms with van der Waals surface area (Å²) in [6.07, 6.45) is 1.51. The monoisotopic (exact) mass is 384 g/mol. The predicted octanol–water partition coefficient (Wildman–Crippen LogP) is 4.83. The van der Waals surface area contributed by atoms with Crippen molar-refractivity contribution in [3.63, 3.8) is 0 Å². The van der Waals surface area contributed by atoms with E-state index >= 15 is 0 Å². The Kier molecular flexibility index (Phi) is 6.29. The molecule has 0 fully saturated rings. The number of anilines is 1. The average molecular weight is 384 g/mol. The molecule has 29 heavy (non-hydrogen) atoms. The van der Waals surface area contributed by atoms with Crippen LogP contribution in [-0.4, -0.2) is 11.0 Å². The summed E-state index contributed by atoms with van der Waals surface area (Å²) in [7, 11) is 0. The molecule has 2 N–H and O–H groups in total. The van der Waals surface area contributed by atoms with Gasteiger partial charge in [0, 0.05) is 5.69 Å². The van der Waals surface area contributed by atoms with Gasteiger partial charge in [0.05, 0.1) is 0 Å². The lowest BCUT2D eigenvalue weighted by atomic mass is 10.1. The van der Waals surface area contributed by atoms with E-state index in [0.717, 1.165) is 5.56 Å². The van der Waals surface area contributed by atoms with E-state index in [1.165, 1.54) is 23.8 Å². The van der Waals surface area contributed by atoms with Gasteiger partial charge in [-0.2, -0.15) is 5.26 Å². The van der Waals surface area contributed by atoms with Crippen molar-refractivity contribution in [1.82, 2.24) is 0 Å². The van der Waals surface area contributed by atoms with Crippen LogP contribution in [0.1, 0.15) is 16.7 Å². The summed E-state index contributed by atoms with van der Waals surface area (Å²) >= 11 is 0. The number of hydrogen-bond acceptors (Lipinski definition) is 4. The molecule has 3 aromatic rings. The van der Waals surface area contributed by atoms with E-state index < -0.39 is 5.91 Å². The van der Waals surface area contributed by atoms with Crippen molar-refractivity contribution >= 4 is 17.7 Å². The molecule has 1 amide bonds. The average Bonchev–Trinajstić information content (AvgIpc) is 2.74. The molecule has 0 radical (unpaired) electrons. The number of phenolic OH excluding ortho intramolecular Hbond substituents is 1. The van der Waals surface area contributed by atoms with Crippen molar-refractivity contribution in [3.05, 3.63) is 95.1 Å². The molecular weight excluding hydrogens is 364 g/mol. The van der Waals surface area contributed by atoms with Crippen molar-refractivity contribution in [3.8, 4) is 17.6 Å². The van der Waals surface area contributed by atoms with Gasteiger partial charge < -0.3 is 15.2 Å². The fourth-order valence-corrected chi connectivity index (χ4v) is 2.57. The lowest BCUT2D eigenvalue weighted by Crippen LogP contribution is -2.13. The van der Waals surface area contributed by atoms with Gasteiger partial charge in [0.1, 0.15) is 29.7 Å². The third-order valence-electron chi connectivity index (χ3n) is 4.21. The first-order valence-corrected chi connectivity index (χ1v) is 9.04. The van der Waals surface area contributed by atoms with Gasteiger partial charge in [-0.15, -0.1) is 0 Å². The van der Waals surface area contributed by atoms with E-state index in [1.54, 1.807) is 36.4 Å². The number of aryl methyl sites for hydroxylation is 1. The Bertz CT molecular complexity index is 1050. The fraction of sp³-hybridized carbons (Fsp3) is 0.0833. The molecule has 0 aliphatic heterocycles. The van der Waals surface area contributed by atoms with Crippen LogP contribution >= 0.6 is 0 Å². The number of carbonyl (C=O) groups excluding carboxylic acids is 1. The summed E-state index contributed by atoms with van der Waals surface area (Å²) in [4.78, 5) is 12.3. The minimum Gasteiger partial charge on any atom is -0.508 e. The van der Waals surface area contributed by atoms with Gasteiger partial charge >= 0.3 is 0 Å². The van der Waals surface area contributed by atoms with E-state index in [1.807, 2.05) is 37.3 Å². The lowest BCUT2D eigenvalue weighted by Gasteiger charge is -2.07. The maximum atomic E-state index is 12.3. The summed E-state index contributed by atoms with van der Waals surface area (Å²) < 4.78 is 5.77. The van der Waals surface area contributed by atoms with Crippen LogP contribution in [0.25, 0.3) is 6.08 Å². The molecule has 5 nitrogen and oxygen atoms in total. The van der Waals surface area contributed by atoms with Gasteiger partial charge in [-0.1, -0.05) is 42.0 Å². The molecule has 0 saturated carbocycles. The molecular formula is C24H20N2O3. The zero-order chi connectivity index (χ0) is 20.6. The molecule has 0 aliphatic carbocycles. The summed E-state index contributed by atoms with van der Waals surface area (Å²) in [5, 5.41) is 21.2. The standard InChI is InChI=1S/C24H20N2O3/c1-17-2-4-19(5-3-17)16-29-23-12-6-18(7-13-23)14-20(15-25)24(28)26-21-8-10-22(27)11-9-21/h2-14,27H,16H2,1H3,(H,26,28)/b20-14+. The van der Waals surface area contributed by atoms with Crippen LogP contribution < -0.4 is 10.1 Å². The lowest BCUT2D eigenvalue weighted by molar-refractivity contribution is -0.112. The Balaban J connectivity index is 1.63. The highest BCUT2D eigenvalue weighted by atomic mass is 16.5. The van der Waals surface area contributed by atoms with Crippen molar-refractivity contribution < 1.29 is 14.6 Å². The van der Waals surface area contributed by atoms with Crippen LogP contribution in [0.4, 0.5) is 5.69 Å². The second kappa shape index (κ2) is 9.25. The number of aromatic hydroxyl groups is 1. The minimum absolute atomic E-state index is 0.0219. The van der Waals surface area contributed by atoms with E-state index in [2.05, 4.69) is 5.32 Å². The van der Waals surface area contributed by atoms with Gasteiger partial charge in [0.25, 0.3) is 5.91 Å². The van der Waals surface area contributed by atoms with Gasteiger partial charge in [-0.25, -0.2) is 0 Å². The molecule has 0 aliphatic rings. The molecule has 5 heteroatoms. The Morgan fingerprint density at radius 2 is 1.69 bits per heavy atom. The van der Waals surface area contributed by atoms with Crippen molar-refractivity contribution in [2.75, 3.05) is 5.32 Å². The number of nitriles is 1. The zero-order valence-electron chi connectivity index (χ0n) is 15.9. The predicted molar refractivity (Wildman–Crippen MR) is 112 cm³/mol. The number of nitrogens with one attached hydrogen (secondary N) is 1. The molecule has 3 aromatic carbocycles. The van der Waals surface area contributed by atoms with E-state index in [9.17, 15) is 15.2 Å². The topological polar surface area (TPSA) is 82.3 Å². The van der Waals surface area contributed by atoms with Crippen molar-refractivity contribution in [2.24, 2.45) is 0 Å². The third-order valence-corrected chi connectivity index (χ3v) is 4.21. The molecule has 0 atom stereocenters. The molecule has 0 unspecified atom stereocenters.